The monoisotopic (exact) mass is 205 g/mol. The van der Waals surface area contributed by atoms with Crippen molar-refractivity contribution >= 4 is 17.8 Å². The van der Waals surface area contributed by atoms with Crippen molar-refractivity contribution in [2.75, 3.05) is 7.11 Å². The molecular formula is C11H11NO3. The van der Waals surface area contributed by atoms with Crippen LogP contribution in [0.25, 0.3) is 6.08 Å². The molecule has 0 amide bonds. The molecule has 0 bridgehead atoms. The normalized spacial score (nSPS) is 10.2. The molecule has 0 aromatic carbocycles. The highest BCUT2D eigenvalue weighted by atomic mass is 16.5. The molecule has 1 heterocycles. The van der Waals surface area contributed by atoms with Gasteiger partial charge in [-0.3, -0.25) is 14.6 Å². The van der Waals surface area contributed by atoms with Crippen molar-refractivity contribution in [1.82, 2.24) is 4.98 Å². The zero-order chi connectivity index (χ0) is 11.1. The van der Waals surface area contributed by atoms with E-state index in [0.717, 1.165) is 0 Å². The molecule has 0 spiro atoms. The molecule has 4 heteroatoms. The molecule has 0 saturated heterocycles. The average Bonchev–Trinajstić information content (AvgIpc) is 2.27. The molecule has 0 atom stereocenters. The van der Waals surface area contributed by atoms with E-state index in [1.54, 1.807) is 24.4 Å². The molecule has 1 aromatic heterocycles. The summed E-state index contributed by atoms with van der Waals surface area (Å²) in [7, 11) is 1.25. The van der Waals surface area contributed by atoms with Gasteiger partial charge in [-0.05, 0) is 24.3 Å². The number of ketones is 1. The predicted molar refractivity (Wildman–Crippen MR) is 54.9 cm³/mol. The fourth-order valence-electron chi connectivity index (χ4n) is 0.926. The number of nitrogens with zero attached hydrogens (tertiary/aromatic N) is 1. The van der Waals surface area contributed by atoms with Crippen LogP contribution in [0.2, 0.25) is 0 Å². The van der Waals surface area contributed by atoms with E-state index in [4.69, 9.17) is 0 Å². The Balaban J connectivity index is 2.52. The maximum Gasteiger partial charge on any atom is 0.313 e. The quantitative estimate of drug-likeness (QED) is 0.421. The van der Waals surface area contributed by atoms with Gasteiger partial charge in [0.25, 0.3) is 0 Å². The van der Waals surface area contributed by atoms with Crippen LogP contribution in [0.3, 0.4) is 0 Å². The molecule has 4 nitrogen and oxygen atoms in total. The van der Waals surface area contributed by atoms with Gasteiger partial charge in [0.2, 0.25) is 0 Å². The Morgan fingerprint density at radius 1 is 1.47 bits per heavy atom. The topological polar surface area (TPSA) is 56.3 Å². The molecule has 0 aliphatic rings. The Kier molecular flexibility index (Phi) is 4.22. The summed E-state index contributed by atoms with van der Waals surface area (Å²) >= 11 is 0. The van der Waals surface area contributed by atoms with Gasteiger partial charge in [0.05, 0.1) is 12.8 Å². The van der Waals surface area contributed by atoms with Gasteiger partial charge in [-0.2, -0.15) is 0 Å². The Bertz CT molecular complexity index is 371. The van der Waals surface area contributed by atoms with Crippen molar-refractivity contribution in [3.8, 4) is 0 Å². The number of hydrogen-bond acceptors (Lipinski definition) is 4. The SMILES string of the molecule is COC(=O)CC(=O)/C=C/c1ccccn1. The van der Waals surface area contributed by atoms with Crippen LogP contribution in [0, 0.1) is 0 Å². The van der Waals surface area contributed by atoms with Crippen LogP contribution >= 0.6 is 0 Å². The number of rotatable bonds is 4. The van der Waals surface area contributed by atoms with E-state index in [0.29, 0.717) is 5.69 Å². The van der Waals surface area contributed by atoms with Gasteiger partial charge in [-0.15, -0.1) is 0 Å². The second kappa shape index (κ2) is 5.70. The van der Waals surface area contributed by atoms with Crippen LogP contribution in [-0.4, -0.2) is 23.8 Å². The Morgan fingerprint density at radius 2 is 2.27 bits per heavy atom. The lowest BCUT2D eigenvalue weighted by Crippen LogP contribution is -2.06. The van der Waals surface area contributed by atoms with Gasteiger partial charge in [-0.25, -0.2) is 0 Å². The summed E-state index contributed by atoms with van der Waals surface area (Å²) in [5.74, 6) is -0.835. The molecule has 0 aliphatic heterocycles. The molecule has 0 fully saturated rings. The highest BCUT2D eigenvalue weighted by Crippen LogP contribution is 1.98. The van der Waals surface area contributed by atoms with E-state index in [-0.39, 0.29) is 12.2 Å². The van der Waals surface area contributed by atoms with Gasteiger partial charge in [0.1, 0.15) is 6.42 Å². The van der Waals surface area contributed by atoms with Crippen molar-refractivity contribution in [1.29, 1.82) is 0 Å². The summed E-state index contributed by atoms with van der Waals surface area (Å²) in [4.78, 5) is 25.9. The lowest BCUT2D eigenvalue weighted by Gasteiger charge is -1.94. The van der Waals surface area contributed by atoms with Gasteiger partial charge < -0.3 is 4.74 Å². The van der Waals surface area contributed by atoms with Crippen LogP contribution in [0.5, 0.6) is 0 Å². The summed E-state index contributed by atoms with van der Waals surface area (Å²) in [5.41, 5.74) is 0.677. The highest BCUT2D eigenvalue weighted by molar-refractivity contribution is 6.03. The fraction of sp³-hybridized carbons (Fsp3) is 0.182. The third-order valence-electron chi connectivity index (χ3n) is 1.67. The van der Waals surface area contributed by atoms with E-state index in [1.165, 1.54) is 13.2 Å². The van der Waals surface area contributed by atoms with E-state index in [9.17, 15) is 9.59 Å². The standard InChI is InChI=1S/C11H11NO3/c1-15-11(14)8-10(13)6-5-9-4-2-3-7-12-9/h2-7H,8H2,1H3/b6-5+. The molecule has 0 unspecified atom stereocenters. The fourth-order valence-corrected chi connectivity index (χ4v) is 0.926. The van der Waals surface area contributed by atoms with Crippen molar-refractivity contribution in [3.63, 3.8) is 0 Å². The molecule has 1 aromatic rings. The number of allylic oxidation sites excluding steroid dienone is 1. The summed E-state index contributed by atoms with van der Waals surface area (Å²) in [6.07, 6.45) is 4.27. The van der Waals surface area contributed by atoms with E-state index in [2.05, 4.69) is 9.72 Å². The van der Waals surface area contributed by atoms with Crippen molar-refractivity contribution in [2.45, 2.75) is 6.42 Å². The summed E-state index contributed by atoms with van der Waals surface area (Å²) < 4.78 is 4.36. The van der Waals surface area contributed by atoms with E-state index < -0.39 is 5.97 Å². The number of aromatic nitrogens is 1. The Hall–Kier alpha value is -1.97. The lowest BCUT2D eigenvalue weighted by molar-refractivity contribution is -0.142. The van der Waals surface area contributed by atoms with Gasteiger partial charge >= 0.3 is 5.97 Å². The first-order chi connectivity index (χ1) is 7.22. The number of hydrogen-bond donors (Lipinski definition) is 0. The summed E-state index contributed by atoms with van der Waals surface area (Å²) in [6, 6.07) is 5.37. The zero-order valence-electron chi connectivity index (χ0n) is 8.34. The summed E-state index contributed by atoms with van der Waals surface area (Å²) in [6.45, 7) is 0. The average molecular weight is 205 g/mol. The van der Waals surface area contributed by atoms with E-state index >= 15 is 0 Å². The van der Waals surface area contributed by atoms with Crippen LogP contribution in [-0.2, 0) is 14.3 Å². The Morgan fingerprint density at radius 3 is 2.87 bits per heavy atom. The number of pyridine rings is 1. The van der Waals surface area contributed by atoms with Gasteiger partial charge in [0.15, 0.2) is 5.78 Å². The molecule has 78 valence electrons. The van der Waals surface area contributed by atoms with Crippen molar-refractivity contribution in [3.05, 3.63) is 36.2 Å². The zero-order valence-corrected chi connectivity index (χ0v) is 8.34. The molecule has 0 N–H and O–H groups in total. The van der Waals surface area contributed by atoms with Crippen molar-refractivity contribution < 1.29 is 14.3 Å². The number of carbonyl (C=O) groups excluding carboxylic acids is 2. The number of ether oxygens (including phenoxy) is 1. The molecule has 0 radical (unpaired) electrons. The maximum absolute atomic E-state index is 11.2. The van der Waals surface area contributed by atoms with Crippen LogP contribution < -0.4 is 0 Å². The van der Waals surface area contributed by atoms with Crippen LogP contribution in [0.1, 0.15) is 12.1 Å². The van der Waals surface area contributed by atoms with E-state index in [1.807, 2.05) is 6.07 Å². The van der Waals surface area contributed by atoms with Gasteiger partial charge in [-0.1, -0.05) is 6.07 Å². The van der Waals surface area contributed by atoms with Crippen LogP contribution in [0.4, 0.5) is 0 Å². The minimum atomic E-state index is -0.536. The molecule has 0 aliphatic carbocycles. The molecular weight excluding hydrogens is 194 g/mol. The first-order valence-corrected chi connectivity index (χ1v) is 4.41. The largest absolute Gasteiger partial charge is 0.469 e. The third kappa shape index (κ3) is 4.17. The minimum absolute atomic E-state index is 0.236. The summed E-state index contributed by atoms with van der Waals surface area (Å²) in [5, 5.41) is 0. The molecule has 0 saturated carbocycles. The first kappa shape index (κ1) is 11.1. The Labute approximate surface area is 87.6 Å². The third-order valence-corrected chi connectivity index (χ3v) is 1.67. The van der Waals surface area contributed by atoms with Gasteiger partial charge in [0, 0.05) is 6.20 Å². The maximum atomic E-state index is 11.2. The second-order valence-corrected chi connectivity index (χ2v) is 2.81. The minimum Gasteiger partial charge on any atom is -0.469 e. The predicted octanol–water partition coefficient (Wildman–Crippen LogP) is 1.23. The number of methoxy groups -OCH3 is 1. The number of carbonyl (C=O) groups is 2. The molecule has 1 rings (SSSR count). The number of esters is 1. The molecule has 15 heavy (non-hydrogen) atoms. The smallest absolute Gasteiger partial charge is 0.313 e. The van der Waals surface area contributed by atoms with Crippen LogP contribution in [0.15, 0.2) is 30.5 Å². The lowest BCUT2D eigenvalue weighted by atomic mass is 10.2. The second-order valence-electron chi connectivity index (χ2n) is 2.81. The highest BCUT2D eigenvalue weighted by Gasteiger charge is 2.05. The van der Waals surface area contributed by atoms with Crippen molar-refractivity contribution in [2.24, 2.45) is 0 Å². The first-order valence-electron chi connectivity index (χ1n) is 4.41.